The lowest BCUT2D eigenvalue weighted by atomic mass is 10.1. The van der Waals surface area contributed by atoms with Gasteiger partial charge in [0.15, 0.2) is 0 Å². The summed E-state index contributed by atoms with van der Waals surface area (Å²) in [5.74, 6) is -0.465. The lowest BCUT2D eigenvalue weighted by molar-refractivity contribution is -0.121. The minimum Gasteiger partial charge on any atom is -0.358 e. The summed E-state index contributed by atoms with van der Waals surface area (Å²) in [5, 5.41) is 17.5. The van der Waals surface area contributed by atoms with Crippen LogP contribution in [0.4, 0.5) is 0 Å². The highest BCUT2D eigenvalue weighted by molar-refractivity contribution is 6.00. The molecule has 0 bridgehead atoms. The van der Waals surface area contributed by atoms with Crippen LogP contribution in [-0.4, -0.2) is 75.5 Å². The molecule has 3 aliphatic rings. The normalized spacial score (nSPS) is 16.1. The summed E-state index contributed by atoms with van der Waals surface area (Å²) in [6, 6.07) is 12.2. The van der Waals surface area contributed by atoms with Gasteiger partial charge in [-0.1, -0.05) is 88.6 Å². The number of likely N-dealkylation sites (N-methyl/N-ethyl adjacent to an activating group) is 2. The highest BCUT2D eigenvalue weighted by Crippen LogP contribution is 2.35. The molecule has 2 fully saturated rings. The third-order valence-corrected chi connectivity index (χ3v) is 11.5. The van der Waals surface area contributed by atoms with Crippen molar-refractivity contribution in [2.24, 2.45) is 0 Å². The van der Waals surface area contributed by atoms with Crippen LogP contribution in [0.1, 0.15) is 123 Å². The number of nitrogens with one attached hydrogen (secondary N) is 3. The van der Waals surface area contributed by atoms with Crippen LogP contribution >= 0.6 is 0 Å². The monoisotopic (exact) mass is 788 g/mol. The molecule has 12 nitrogen and oxygen atoms in total. The maximum atomic E-state index is 13.0. The average molecular weight is 789 g/mol. The average Bonchev–Trinajstić information content (AvgIpc) is 4.06. The molecule has 1 unspecified atom stereocenters. The molecule has 7 rings (SSSR count). The van der Waals surface area contributed by atoms with Gasteiger partial charge in [0, 0.05) is 36.0 Å². The van der Waals surface area contributed by atoms with Gasteiger partial charge in [-0.2, -0.15) is 10.2 Å². The first-order valence-electron chi connectivity index (χ1n) is 21.0. The molecule has 2 saturated carbocycles. The highest BCUT2D eigenvalue weighted by atomic mass is 16.6. The van der Waals surface area contributed by atoms with E-state index in [1.54, 1.807) is 14.1 Å². The number of aromatic nitrogens is 4. The predicted molar refractivity (Wildman–Crippen MR) is 230 cm³/mol. The number of hydroxylamine groups is 1. The van der Waals surface area contributed by atoms with E-state index in [-0.39, 0.29) is 30.3 Å². The summed E-state index contributed by atoms with van der Waals surface area (Å²) in [7, 11) is 3.21. The molecule has 4 aromatic rings. The van der Waals surface area contributed by atoms with E-state index < -0.39 is 0 Å². The number of allylic oxidation sites excluding steroid dienone is 4. The molecule has 58 heavy (non-hydrogen) atoms. The molecule has 0 radical (unpaired) electrons. The van der Waals surface area contributed by atoms with Gasteiger partial charge < -0.3 is 15.5 Å². The molecule has 2 aromatic heterocycles. The van der Waals surface area contributed by atoms with Gasteiger partial charge in [0.05, 0.1) is 59.4 Å². The number of carbonyl (C=O) groups excluding carboxylic acids is 3. The topological polar surface area (TPSA) is 135 Å². The molecule has 1 atom stereocenters. The van der Waals surface area contributed by atoms with Crippen LogP contribution in [0.5, 0.6) is 0 Å². The zero-order chi connectivity index (χ0) is 41.2. The number of hydrogen-bond donors (Lipinski definition) is 3. The van der Waals surface area contributed by atoms with E-state index in [9.17, 15) is 14.4 Å². The number of rotatable bonds is 14. The summed E-state index contributed by atoms with van der Waals surface area (Å²) in [4.78, 5) is 44.2. The molecule has 3 N–H and O–H groups in total. The fraction of sp³-hybridized carbons (Fsp3) is 0.457. The minimum absolute atomic E-state index is 0.0511. The minimum atomic E-state index is -0.294. The Hall–Kier alpha value is -5.49. The van der Waals surface area contributed by atoms with Gasteiger partial charge in [-0.3, -0.25) is 34.1 Å². The molecule has 3 amide bonds. The zero-order valence-electron chi connectivity index (χ0n) is 34.9. The van der Waals surface area contributed by atoms with Crippen molar-refractivity contribution in [3.8, 4) is 0 Å². The van der Waals surface area contributed by atoms with Crippen LogP contribution in [0.25, 0.3) is 21.8 Å². The zero-order valence-corrected chi connectivity index (χ0v) is 34.9. The van der Waals surface area contributed by atoms with E-state index in [1.165, 1.54) is 30.6 Å². The molecular formula is C46H60N8O4. The number of benzene rings is 2. The Morgan fingerprint density at radius 3 is 2.02 bits per heavy atom. The van der Waals surface area contributed by atoms with Crippen LogP contribution in [0, 0.1) is 0 Å². The van der Waals surface area contributed by atoms with Crippen molar-refractivity contribution in [1.29, 1.82) is 0 Å². The van der Waals surface area contributed by atoms with Gasteiger partial charge in [0.2, 0.25) is 5.91 Å². The Morgan fingerprint density at radius 2 is 1.45 bits per heavy atom. The maximum Gasteiger partial charge on any atom is 0.254 e. The second-order valence-corrected chi connectivity index (χ2v) is 15.6. The standard InChI is InChI=1S/C27H34N4O2.C19H26N4O2/c1-4-25-24-16-15-22(17-26(24)31(29-25)23-13-9-10-14-23)27(32)28-19(2)20(3)30-33-18-21-11-7-5-6-8-12-21;1-4-16-15-10-9-13(19(25)22(3)12-18(24)20-2)11-17(15)23(21-16)14-7-5-6-8-14/h5,7-8,11-12,15-17,19,23,30H,3-4,6,9-10,13-14,18H2,1-2H3,(H,28,32);9-11,14H,4-8,12H2,1-3H3,(H,20,24). The molecule has 2 aromatic carbocycles. The quantitative estimate of drug-likeness (QED) is 0.111. The van der Waals surface area contributed by atoms with Crippen molar-refractivity contribution in [3.05, 3.63) is 107 Å². The summed E-state index contributed by atoms with van der Waals surface area (Å²) < 4.78 is 4.28. The highest BCUT2D eigenvalue weighted by Gasteiger charge is 2.24. The van der Waals surface area contributed by atoms with Gasteiger partial charge in [0.25, 0.3) is 11.8 Å². The summed E-state index contributed by atoms with van der Waals surface area (Å²) in [5.41, 5.74) is 10.0. The van der Waals surface area contributed by atoms with E-state index >= 15 is 0 Å². The predicted octanol–water partition coefficient (Wildman–Crippen LogP) is 7.84. The van der Waals surface area contributed by atoms with Crippen LogP contribution in [-0.2, 0) is 22.5 Å². The van der Waals surface area contributed by atoms with E-state index in [1.807, 2.05) is 61.5 Å². The molecule has 2 heterocycles. The Labute approximate surface area is 342 Å². The summed E-state index contributed by atoms with van der Waals surface area (Å²) >= 11 is 0. The smallest absolute Gasteiger partial charge is 0.254 e. The lowest BCUT2D eigenvalue weighted by Gasteiger charge is -2.18. The van der Waals surface area contributed by atoms with Crippen LogP contribution < -0.4 is 16.1 Å². The number of hydrogen-bond acceptors (Lipinski definition) is 7. The van der Waals surface area contributed by atoms with Gasteiger partial charge in [0.1, 0.15) is 0 Å². The Bertz CT molecular complexity index is 2200. The van der Waals surface area contributed by atoms with E-state index in [2.05, 4.69) is 58.1 Å². The Balaban J connectivity index is 0.000000203. The van der Waals surface area contributed by atoms with Crippen LogP contribution in [0.15, 0.2) is 84.6 Å². The summed E-state index contributed by atoms with van der Waals surface area (Å²) in [6.45, 7) is 10.6. The van der Waals surface area contributed by atoms with Crippen LogP contribution in [0.3, 0.4) is 0 Å². The van der Waals surface area contributed by atoms with Crippen molar-refractivity contribution in [1.82, 2.24) is 40.6 Å². The van der Waals surface area contributed by atoms with Crippen molar-refractivity contribution in [2.75, 3.05) is 27.2 Å². The van der Waals surface area contributed by atoms with E-state index in [4.69, 9.17) is 15.0 Å². The van der Waals surface area contributed by atoms with Crippen LogP contribution in [0.2, 0.25) is 0 Å². The molecular weight excluding hydrogens is 729 g/mol. The first kappa shape index (κ1) is 42.1. The van der Waals surface area contributed by atoms with Crippen molar-refractivity contribution in [3.63, 3.8) is 0 Å². The molecule has 308 valence electrons. The molecule has 12 heteroatoms. The van der Waals surface area contributed by atoms with Gasteiger partial charge in [-0.05, 0) is 81.7 Å². The second-order valence-electron chi connectivity index (χ2n) is 15.6. The number of amides is 3. The van der Waals surface area contributed by atoms with Gasteiger partial charge >= 0.3 is 0 Å². The maximum absolute atomic E-state index is 13.0. The van der Waals surface area contributed by atoms with E-state index in [0.29, 0.717) is 35.5 Å². The molecule has 3 aliphatic carbocycles. The number of aryl methyl sites for hydroxylation is 2. The van der Waals surface area contributed by atoms with E-state index in [0.717, 1.165) is 83.7 Å². The molecule has 0 spiro atoms. The van der Waals surface area contributed by atoms with Crippen molar-refractivity contribution < 1.29 is 19.2 Å². The van der Waals surface area contributed by atoms with Crippen molar-refractivity contribution in [2.45, 2.75) is 110 Å². The third kappa shape index (κ3) is 9.96. The SMILES string of the molecule is C=C(NOCC1=CC=CCC=C1)C(C)NC(=O)c1ccc2c(CC)nn(C3CCCC3)c2c1.CCc1nn(C2CCCC2)c2cc(C(=O)N(C)CC(=O)NC)ccc12. The second kappa shape index (κ2) is 19.8. The van der Waals surface area contributed by atoms with Crippen molar-refractivity contribution >= 4 is 39.5 Å². The third-order valence-electron chi connectivity index (χ3n) is 11.5. The molecule has 0 saturated heterocycles. The fourth-order valence-corrected chi connectivity index (χ4v) is 8.03. The fourth-order valence-electron chi connectivity index (χ4n) is 8.03. The van der Waals surface area contributed by atoms with Gasteiger partial charge in [-0.25, -0.2) is 0 Å². The number of carbonyl (C=O) groups is 3. The van der Waals surface area contributed by atoms with Gasteiger partial charge in [-0.15, -0.1) is 0 Å². The Kier molecular flexibility index (Phi) is 14.4. The Morgan fingerprint density at radius 1 is 0.879 bits per heavy atom. The summed E-state index contributed by atoms with van der Waals surface area (Å²) in [6.07, 6.45) is 22.5. The molecule has 0 aliphatic heterocycles. The number of nitrogens with zero attached hydrogens (tertiary/aromatic N) is 5. The largest absolute Gasteiger partial charge is 0.358 e. The lowest BCUT2D eigenvalue weighted by Crippen LogP contribution is -2.38. The first-order valence-corrected chi connectivity index (χ1v) is 21.0. The first-order chi connectivity index (χ1) is 28.1. The number of fused-ring (bicyclic) bond motifs is 2.